The smallest absolute Gasteiger partial charge is 0.218 e. The highest BCUT2D eigenvalue weighted by Gasteiger charge is 2.65. The Morgan fingerprint density at radius 2 is 1.19 bits per heavy atom. The van der Waals surface area contributed by atoms with E-state index in [9.17, 15) is 28.8 Å². The molecule has 8 atom stereocenters. The van der Waals surface area contributed by atoms with Gasteiger partial charge in [0.05, 0.1) is 11.6 Å². The highest BCUT2D eigenvalue weighted by Crippen LogP contribution is 2.61. The molecule has 0 aromatic carbocycles. The van der Waals surface area contributed by atoms with Crippen molar-refractivity contribution in [3.8, 4) is 0 Å². The van der Waals surface area contributed by atoms with Crippen LogP contribution < -0.4 is 39.7 Å². The van der Waals surface area contributed by atoms with Gasteiger partial charge in [-0.25, -0.2) is 0 Å². The maximum atomic E-state index is 13.3. The van der Waals surface area contributed by atoms with Crippen LogP contribution in [0.4, 0.5) is 0 Å². The molecule has 0 spiro atoms. The van der Waals surface area contributed by atoms with E-state index in [2.05, 4.69) is 19.2 Å². The largest absolute Gasteiger partial charge is 0.370 e. The number of aliphatic imine (C=N–C) groups is 3. The van der Waals surface area contributed by atoms with Crippen LogP contribution in [0.15, 0.2) is 49.3 Å². The molecule has 5 aliphatic rings. The zero-order chi connectivity index (χ0) is 44.4. The van der Waals surface area contributed by atoms with E-state index in [0.29, 0.717) is 46.2 Å². The number of amides is 6. The molecule has 5 aliphatic heterocycles. The summed E-state index contributed by atoms with van der Waals surface area (Å²) in [7, 11) is 0. The minimum atomic E-state index is -1.23. The monoisotopic (exact) mass is 817 g/mol. The van der Waals surface area contributed by atoms with Crippen LogP contribution >= 0.6 is 0 Å². The lowest BCUT2D eigenvalue weighted by Gasteiger charge is -2.47. The molecule has 6 amide bonds. The van der Waals surface area contributed by atoms with Crippen LogP contribution in [0.1, 0.15) is 120 Å². The van der Waals surface area contributed by atoms with Gasteiger partial charge in [-0.2, -0.15) is 0 Å². The number of nitrogens with two attached hydrogens (primary N) is 6. The number of hydrogen-bond acceptors (Lipinski definition) is 10. The Bertz CT molecular complexity index is 2080. The first-order valence-corrected chi connectivity index (χ1v) is 20.5. The van der Waals surface area contributed by atoms with Crippen molar-refractivity contribution in [2.75, 3.05) is 0 Å². The van der Waals surface area contributed by atoms with E-state index >= 15 is 0 Å². The molecule has 0 saturated carbocycles. The van der Waals surface area contributed by atoms with Crippen LogP contribution in [0.25, 0.3) is 0 Å². The van der Waals surface area contributed by atoms with Gasteiger partial charge in [0.1, 0.15) is 0 Å². The Balaban J connectivity index is 1.99. The van der Waals surface area contributed by atoms with E-state index in [1.165, 1.54) is 0 Å². The lowest BCUT2D eigenvalue weighted by Crippen LogP contribution is -2.55. The molecular weight excluding hydrogens is 753 g/mol. The second kappa shape index (κ2) is 15.5. The molecule has 0 unspecified atom stereocenters. The number of carbonyl (C=O) groups excluding carboxylic acids is 6. The number of nitrogens with zero attached hydrogens (tertiary/aromatic N) is 3. The van der Waals surface area contributed by atoms with Crippen LogP contribution in [0.3, 0.4) is 0 Å². The Morgan fingerprint density at radius 1 is 0.661 bits per heavy atom. The molecule has 8 bridgehead atoms. The summed E-state index contributed by atoms with van der Waals surface area (Å²) in [5.41, 5.74) is 36.0. The lowest BCUT2D eigenvalue weighted by atomic mass is 9.56. The minimum Gasteiger partial charge on any atom is -0.370 e. The molecule has 5 rings (SSSR count). The van der Waals surface area contributed by atoms with E-state index in [4.69, 9.17) is 49.4 Å². The third-order valence-electron chi connectivity index (χ3n) is 14.8. The van der Waals surface area contributed by atoms with Gasteiger partial charge in [0, 0.05) is 118 Å². The highest BCUT2D eigenvalue weighted by atomic mass is 16.2. The topological polar surface area (TPSA) is 308 Å². The first kappa shape index (κ1) is 44.9. The molecule has 0 aromatic heterocycles. The van der Waals surface area contributed by atoms with E-state index in [1.54, 1.807) is 0 Å². The fourth-order valence-corrected chi connectivity index (χ4v) is 11.4. The van der Waals surface area contributed by atoms with Crippen molar-refractivity contribution in [2.24, 2.45) is 94.7 Å². The second-order valence-electron chi connectivity index (χ2n) is 19.3. The van der Waals surface area contributed by atoms with Gasteiger partial charge in [-0.3, -0.25) is 43.7 Å². The summed E-state index contributed by atoms with van der Waals surface area (Å²) >= 11 is 0. The van der Waals surface area contributed by atoms with Gasteiger partial charge < -0.3 is 39.7 Å². The van der Waals surface area contributed by atoms with Gasteiger partial charge in [-0.15, -0.1) is 0 Å². The third kappa shape index (κ3) is 7.63. The number of carbonyl (C=O) groups is 6. The molecule has 0 aromatic rings. The SMILES string of the molecule is C/C1=C2N=C(/C=C3\N/C(=C(/C)C4=N[C@@](C)([C@@H]5N=C1C(C)(C)[C@H]5CC(N)=O)[C@@](C)(CC(N)=O)[C@@H]4CCC(N)=O)[C@@](C)(CC(N)=O)[C@@H]3CCC(N)=O)C(C)(C)[C@@H]/2CCC(N)=O. The summed E-state index contributed by atoms with van der Waals surface area (Å²) < 4.78 is 0. The first-order chi connectivity index (χ1) is 27.1. The number of hydrogen-bond donors (Lipinski definition) is 7. The van der Waals surface area contributed by atoms with Gasteiger partial charge in [-0.05, 0) is 57.3 Å². The van der Waals surface area contributed by atoms with Crippen LogP contribution in [-0.2, 0) is 28.8 Å². The van der Waals surface area contributed by atoms with E-state index < -0.39 is 86.4 Å². The van der Waals surface area contributed by atoms with Crippen LogP contribution in [-0.4, -0.2) is 64.2 Å². The van der Waals surface area contributed by atoms with Crippen molar-refractivity contribution in [2.45, 2.75) is 132 Å². The number of primary amides is 6. The Kier molecular flexibility index (Phi) is 11.8. The minimum absolute atomic E-state index is 0.0144. The third-order valence-corrected chi connectivity index (χ3v) is 14.8. The summed E-state index contributed by atoms with van der Waals surface area (Å²) in [4.78, 5) is 93.0. The summed E-state index contributed by atoms with van der Waals surface area (Å²) in [6.07, 6.45) is 2.60. The fourth-order valence-electron chi connectivity index (χ4n) is 11.4. The van der Waals surface area contributed by atoms with Crippen LogP contribution in [0.2, 0.25) is 0 Å². The molecule has 322 valence electrons. The van der Waals surface area contributed by atoms with Crippen LogP contribution in [0, 0.1) is 45.3 Å². The maximum Gasteiger partial charge on any atom is 0.218 e. The molecule has 59 heavy (non-hydrogen) atoms. The predicted molar refractivity (Wildman–Crippen MR) is 226 cm³/mol. The van der Waals surface area contributed by atoms with Crippen molar-refractivity contribution in [1.82, 2.24) is 5.32 Å². The quantitative estimate of drug-likeness (QED) is 0.129. The maximum absolute atomic E-state index is 13.3. The average molecular weight is 817 g/mol. The highest BCUT2D eigenvalue weighted by molar-refractivity contribution is 6.10. The first-order valence-electron chi connectivity index (χ1n) is 20.5. The molecule has 1 saturated heterocycles. The number of rotatable bonds is 15. The van der Waals surface area contributed by atoms with Crippen LogP contribution in [0.5, 0.6) is 0 Å². The number of fused-ring (bicyclic) bond motifs is 6. The fraction of sp³-hybridized carbons (Fsp3) is 0.651. The predicted octanol–water partition coefficient (Wildman–Crippen LogP) is 2.48. The Hall–Kier alpha value is -5.15. The van der Waals surface area contributed by atoms with Gasteiger partial charge >= 0.3 is 0 Å². The van der Waals surface area contributed by atoms with Crippen molar-refractivity contribution < 1.29 is 28.8 Å². The summed E-state index contributed by atoms with van der Waals surface area (Å²) in [6.45, 7) is 17.8. The Labute approximate surface area is 346 Å². The molecule has 13 N–H and O–H groups in total. The molecule has 16 nitrogen and oxygen atoms in total. The molecule has 0 radical (unpaired) electrons. The zero-order valence-electron chi connectivity index (χ0n) is 36.1. The molecule has 1 fully saturated rings. The Morgan fingerprint density at radius 3 is 1.69 bits per heavy atom. The van der Waals surface area contributed by atoms with Gasteiger partial charge in [0.15, 0.2) is 0 Å². The van der Waals surface area contributed by atoms with E-state index in [1.807, 2.05) is 54.5 Å². The summed E-state index contributed by atoms with van der Waals surface area (Å²) in [5.74, 6) is -5.08. The van der Waals surface area contributed by atoms with Crippen molar-refractivity contribution >= 4 is 52.6 Å². The second-order valence-corrected chi connectivity index (χ2v) is 19.3. The standard InChI is InChI=1S/C43H64N10O6/c1-20-34-23(11-14-29(45)55)39(3,4)27(51-34)17-26-22(10-13-28(44)54)41(7,18-32(48)58)37(50-26)21(2)35-24(12-15-30(46)56)42(8,19-33(49)59)43(9,53-35)38-25(16-31(47)57)40(5,6)36(20)52-38/h17,22-25,38,50H,10-16,18-19H2,1-9H3,(H2,44,54)(H2,45,55)(H2,46,56)(H2,47,57)(H2,48,58)(H2,49,59)/b26-17-,34-20-,37-21-/t22-,23-,24-,25+,38-,41+,42+,43+/m1/s1. The van der Waals surface area contributed by atoms with Crippen molar-refractivity contribution in [3.63, 3.8) is 0 Å². The average Bonchev–Trinajstić information content (AvgIpc) is 3.68. The molecular formula is C43H64N10O6. The number of allylic oxidation sites excluding steroid dienone is 6. The van der Waals surface area contributed by atoms with Crippen molar-refractivity contribution in [1.29, 1.82) is 0 Å². The summed E-state index contributed by atoms with van der Waals surface area (Å²) in [5, 5.41) is 3.66. The van der Waals surface area contributed by atoms with E-state index in [0.717, 1.165) is 5.57 Å². The lowest BCUT2D eigenvalue weighted by molar-refractivity contribution is -0.123. The normalized spacial score (nSPS) is 36.3. The van der Waals surface area contributed by atoms with Gasteiger partial charge in [0.2, 0.25) is 35.4 Å². The van der Waals surface area contributed by atoms with Gasteiger partial charge in [0.25, 0.3) is 0 Å². The zero-order valence-corrected chi connectivity index (χ0v) is 36.1. The van der Waals surface area contributed by atoms with E-state index in [-0.39, 0.29) is 57.3 Å². The number of nitrogens with one attached hydrogen (secondary N) is 1. The van der Waals surface area contributed by atoms with Gasteiger partial charge in [-0.1, -0.05) is 41.5 Å². The molecule has 0 aliphatic carbocycles. The molecule has 5 heterocycles. The van der Waals surface area contributed by atoms with Crippen molar-refractivity contribution in [3.05, 3.63) is 34.3 Å². The molecule has 16 heteroatoms. The summed E-state index contributed by atoms with van der Waals surface area (Å²) in [6, 6.07) is -0.733.